The largest absolute Gasteiger partial charge is 0.492 e. The summed E-state index contributed by atoms with van der Waals surface area (Å²) in [4.78, 5) is 14.6. The fraction of sp³-hybridized carbons (Fsp3) is 0.286. The van der Waals surface area contributed by atoms with E-state index in [0.717, 1.165) is 17.9 Å². The van der Waals surface area contributed by atoms with Gasteiger partial charge < -0.3 is 4.74 Å². The lowest BCUT2D eigenvalue weighted by Gasteiger charge is -2.14. The van der Waals surface area contributed by atoms with E-state index in [1.807, 2.05) is 60.7 Å². The number of hydrogen-bond donors (Lipinski definition) is 0. The van der Waals surface area contributed by atoms with Crippen molar-refractivity contribution in [3.05, 3.63) is 71.8 Å². The third-order valence-corrected chi connectivity index (χ3v) is 4.24. The molecule has 0 saturated carbocycles. The fourth-order valence-corrected chi connectivity index (χ4v) is 2.85. The first-order chi connectivity index (χ1) is 11.8. The number of rotatable bonds is 7. The van der Waals surface area contributed by atoms with E-state index < -0.39 is 0 Å². The van der Waals surface area contributed by atoms with Crippen molar-refractivity contribution >= 4 is 11.9 Å². The molecule has 1 heterocycles. The summed E-state index contributed by atoms with van der Waals surface area (Å²) in [6, 6.07) is 17.2. The van der Waals surface area contributed by atoms with Gasteiger partial charge in [0.1, 0.15) is 12.4 Å². The lowest BCUT2D eigenvalue weighted by atomic mass is 10.1. The smallest absolute Gasteiger partial charge is 0.185 e. The molecular formula is C21H23NO2. The summed E-state index contributed by atoms with van der Waals surface area (Å²) < 4.78 is 5.76. The molecule has 0 N–H and O–H groups in total. The van der Waals surface area contributed by atoms with Crippen LogP contribution < -0.4 is 4.74 Å². The lowest BCUT2D eigenvalue weighted by molar-refractivity contribution is 0.104. The Morgan fingerprint density at radius 1 is 1.00 bits per heavy atom. The van der Waals surface area contributed by atoms with E-state index in [9.17, 15) is 4.79 Å². The van der Waals surface area contributed by atoms with Crippen LogP contribution in [0.2, 0.25) is 0 Å². The molecule has 3 rings (SSSR count). The van der Waals surface area contributed by atoms with Gasteiger partial charge in [-0.05, 0) is 61.8 Å². The van der Waals surface area contributed by atoms with Crippen LogP contribution in [0.5, 0.6) is 5.75 Å². The Labute approximate surface area is 143 Å². The summed E-state index contributed by atoms with van der Waals surface area (Å²) in [5.74, 6) is 0.820. The molecular weight excluding hydrogens is 298 g/mol. The summed E-state index contributed by atoms with van der Waals surface area (Å²) in [5.41, 5.74) is 1.70. The highest BCUT2D eigenvalue weighted by atomic mass is 16.5. The second-order valence-corrected chi connectivity index (χ2v) is 6.03. The van der Waals surface area contributed by atoms with E-state index in [0.29, 0.717) is 12.2 Å². The Balaban J connectivity index is 1.50. The summed E-state index contributed by atoms with van der Waals surface area (Å²) in [6.45, 7) is 4.04. The molecule has 0 radical (unpaired) electrons. The predicted molar refractivity (Wildman–Crippen MR) is 97.4 cm³/mol. The molecule has 1 aliphatic heterocycles. The predicted octanol–water partition coefficient (Wildman–Crippen LogP) is 4.06. The van der Waals surface area contributed by atoms with Crippen LogP contribution in [-0.4, -0.2) is 36.9 Å². The number of ketones is 1. The van der Waals surface area contributed by atoms with Gasteiger partial charge >= 0.3 is 0 Å². The number of nitrogens with zero attached hydrogens (tertiary/aromatic N) is 1. The average molecular weight is 321 g/mol. The molecule has 0 amide bonds. The van der Waals surface area contributed by atoms with Crippen molar-refractivity contribution < 1.29 is 9.53 Å². The van der Waals surface area contributed by atoms with Crippen LogP contribution >= 0.6 is 0 Å². The molecule has 0 aromatic heterocycles. The van der Waals surface area contributed by atoms with Gasteiger partial charge in [-0.2, -0.15) is 0 Å². The molecule has 2 aromatic rings. The number of ether oxygens (including phenoxy) is 1. The number of likely N-dealkylation sites (tertiary alicyclic amines) is 1. The molecule has 0 unspecified atom stereocenters. The summed E-state index contributed by atoms with van der Waals surface area (Å²) >= 11 is 0. The van der Waals surface area contributed by atoms with Crippen LogP contribution in [0.15, 0.2) is 60.7 Å². The monoisotopic (exact) mass is 321 g/mol. The number of carbonyl (C=O) groups excluding carboxylic acids is 1. The quantitative estimate of drug-likeness (QED) is 0.569. The first-order valence-corrected chi connectivity index (χ1v) is 8.54. The summed E-state index contributed by atoms with van der Waals surface area (Å²) in [7, 11) is 0. The highest BCUT2D eigenvalue weighted by Gasteiger charge is 2.10. The Hall–Kier alpha value is -2.39. The first kappa shape index (κ1) is 16.5. The first-order valence-electron chi connectivity index (χ1n) is 8.54. The van der Waals surface area contributed by atoms with Gasteiger partial charge in [0, 0.05) is 12.1 Å². The highest BCUT2D eigenvalue weighted by molar-refractivity contribution is 6.06. The SMILES string of the molecule is O=C(C=Cc1ccccc1)c1ccc(OCCN2CCCC2)cc1. The second-order valence-electron chi connectivity index (χ2n) is 6.03. The van der Waals surface area contributed by atoms with Gasteiger partial charge in [-0.1, -0.05) is 36.4 Å². The zero-order valence-electron chi connectivity index (χ0n) is 13.9. The molecule has 124 valence electrons. The van der Waals surface area contributed by atoms with E-state index in [4.69, 9.17) is 4.74 Å². The molecule has 2 aromatic carbocycles. The van der Waals surface area contributed by atoms with Crippen molar-refractivity contribution in [2.45, 2.75) is 12.8 Å². The van der Waals surface area contributed by atoms with Crippen LogP contribution in [0.4, 0.5) is 0 Å². The molecule has 0 aliphatic carbocycles. The van der Waals surface area contributed by atoms with Gasteiger partial charge in [0.2, 0.25) is 0 Å². The summed E-state index contributed by atoms with van der Waals surface area (Å²) in [6.07, 6.45) is 6.04. The molecule has 3 heteroatoms. The molecule has 1 fully saturated rings. The lowest BCUT2D eigenvalue weighted by Crippen LogP contribution is -2.25. The standard InChI is InChI=1S/C21H23NO2/c23-21(13-8-18-6-2-1-3-7-18)19-9-11-20(12-10-19)24-17-16-22-14-4-5-15-22/h1-3,6-13H,4-5,14-17H2. The normalized spacial score (nSPS) is 15.0. The van der Waals surface area contributed by atoms with Gasteiger partial charge in [0.25, 0.3) is 0 Å². The van der Waals surface area contributed by atoms with Crippen LogP contribution in [-0.2, 0) is 0 Å². The van der Waals surface area contributed by atoms with Gasteiger partial charge in [0.15, 0.2) is 5.78 Å². The Morgan fingerprint density at radius 3 is 2.42 bits per heavy atom. The zero-order chi connectivity index (χ0) is 16.6. The topological polar surface area (TPSA) is 29.5 Å². The maximum atomic E-state index is 12.2. The van der Waals surface area contributed by atoms with E-state index in [1.165, 1.54) is 25.9 Å². The van der Waals surface area contributed by atoms with Gasteiger partial charge in [-0.25, -0.2) is 0 Å². The van der Waals surface area contributed by atoms with Gasteiger partial charge in [0.05, 0.1) is 0 Å². The fourth-order valence-electron chi connectivity index (χ4n) is 2.85. The Bertz CT molecular complexity index is 671. The number of hydrogen-bond acceptors (Lipinski definition) is 3. The van der Waals surface area contributed by atoms with E-state index in [-0.39, 0.29) is 5.78 Å². The minimum atomic E-state index is 0.00229. The molecule has 1 saturated heterocycles. The van der Waals surface area contributed by atoms with Crippen molar-refractivity contribution in [1.29, 1.82) is 0 Å². The van der Waals surface area contributed by atoms with Crippen molar-refractivity contribution in [3.63, 3.8) is 0 Å². The molecule has 1 aliphatic rings. The molecule has 0 spiro atoms. The van der Waals surface area contributed by atoms with E-state index in [2.05, 4.69) is 4.90 Å². The van der Waals surface area contributed by atoms with Crippen LogP contribution in [0.1, 0.15) is 28.8 Å². The van der Waals surface area contributed by atoms with Crippen molar-refractivity contribution in [2.75, 3.05) is 26.2 Å². The second kappa shape index (κ2) is 8.46. The Kier molecular flexibility index (Phi) is 5.80. The number of allylic oxidation sites excluding steroid dienone is 1. The van der Waals surface area contributed by atoms with Crippen LogP contribution in [0.25, 0.3) is 6.08 Å². The van der Waals surface area contributed by atoms with Crippen LogP contribution in [0.3, 0.4) is 0 Å². The summed E-state index contributed by atoms with van der Waals surface area (Å²) in [5, 5.41) is 0. The maximum absolute atomic E-state index is 12.2. The highest BCUT2D eigenvalue weighted by Crippen LogP contribution is 2.14. The van der Waals surface area contributed by atoms with Crippen molar-refractivity contribution in [1.82, 2.24) is 4.90 Å². The van der Waals surface area contributed by atoms with E-state index in [1.54, 1.807) is 6.08 Å². The maximum Gasteiger partial charge on any atom is 0.185 e. The zero-order valence-corrected chi connectivity index (χ0v) is 13.9. The molecule has 0 bridgehead atoms. The average Bonchev–Trinajstić information content (AvgIpc) is 3.15. The minimum absolute atomic E-state index is 0.00229. The molecule has 3 nitrogen and oxygen atoms in total. The molecule has 24 heavy (non-hydrogen) atoms. The Morgan fingerprint density at radius 2 is 1.71 bits per heavy atom. The third kappa shape index (κ3) is 4.80. The number of benzene rings is 2. The van der Waals surface area contributed by atoms with Crippen molar-refractivity contribution in [2.24, 2.45) is 0 Å². The van der Waals surface area contributed by atoms with Crippen molar-refractivity contribution in [3.8, 4) is 5.75 Å². The third-order valence-electron chi connectivity index (χ3n) is 4.24. The number of carbonyl (C=O) groups is 1. The molecule has 0 atom stereocenters. The van der Waals surface area contributed by atoms with Crippen LogP contribution in [0, 0.1) is 0 Å². The van der Waals surface area contributed by atoms with Gasteiger partial charge in [-0.15, -0.1) is 0 Å². The van der Waals surface area contributed by atoms with E-state index >= 15 is 0 Å². The van der Waals surface area contributed by atoms with Gasteiger partial charge in [-0.3, -0.25) is 9.69 Å². The minimum Gasteiger partial charge on any atom is -0.492 e.